The molecule has 27 heavy (non-hydrogen) atoms. The van der Waals surface area contributed by atoms with Gasteiger partial charge in [0.05, 0.1) is 18.1 Å². The van der Waals surface area contributed by atoms with Gasteiger partial charge in [0.2, 0.25) is 5.91 Å². The third-order valence-electron chi connectivity index (χ3n) is 5.45. The van der Waals surface area contributed by atoms with Gasteiger partial charge in [-0.2, -0.15) is 0 Å². The van der Waals surface area contributed by atoms with Crippen LogP contribution in [0.15, 0.2) is 35.3 Å². The summed E-state index contributed by atoms with van der Waals surface area (Å²) in [4.78, 5) is 43.5. The van der Waals surface area contributed by atoms with Crippen molar-refractivity contribution in [1.82, 2.24) is 20.2 Å². The van der Waals surface area contributed by atoms with E-state index < -0.39 is 5.69 Å². The van der Waals surface area contributed by atoms with E-state index in [1.54, 1.807) is 17.0 Å². The molecule has 0 spiro atoms. The second kappa shape index (κ2) is 7.02. The Morgan fingerprint density at radius 3 is 2.63 bits per heavy atom. The van der Waals surface area contributed by atoms with Gasteiger partial charge < -0.3 is 20.2 Å². The molecule has 0 radical (unpaired) electrons. The highest BCUT2D eigenvalue weighted by atomic mass is 19.1. The first kappa shape index (κ1) is 17.5. The first-order valence-electron chi connectivity index (χ1n) is 9.18. The van der Waals surface area contributed by atoms with Crippen LogP contribution in [0.2, 0.25) is 0 Å². The van der Waals surface area contributed by atoms with Crippen LogP contribution >= 0.6 is 0 Å². The molecule has 7 nitrogen and oxygen atoms in total. The Bertz CT molecular complexity index is 904. The number of nitrogens with one attached hydrogen (secondary N) is 3. The molecule has 142 valence electrons. The summed E-state index contributed by atoms with van der Waals surface area (Å²) < 4.78 is 13.4. The van der Waals surface area contributed by atoms with Gasteiger partial charge in [0.1, 0.15) is 11.5 Å². The molecule has 2 aliphatic rings. The number of aromatic nitrogens is 2. The van der Waals surface area contributed by atoms with Gasteiger partial charge in [-0.25, -0.2) is 9.18 Å². The van der Waals surface area contributed by atoms with Crippen LogP contribution < -0.4 is 11.0 Å². The molecule has 8 heteroatoms. The lowest BCUT2D eigenvalue weighted by Crippen LogP contribution is -2.48. The Morgan fingerprint density at radius 2 is 1.93 bits per heavy atom. The molecule has 0 unspecified atom stereocenters. The highest BCUT2D eigenvalue weighted by Gasteiger charge is 2.45. The van der Waals surface area contributed by atoms with Crippen molar-refractivity contribution in [2.24, 2.45) is 0 Å². The van der Waals surface area contributed by atoms with E-state index in [1.165, 1.54) is 18.3 Å². The molecule has 2 fully saturated rings. The van der Waals surface area contributed by atoms with Crippen LogP contribution in [0.25, 0.3) is 0 Å². The van der Waals surface area contributed by atoms with Gasteiger partial charge in [-0.05, 0) is 37.0 Å². The minimum Gasteiger partial charge on any atom is -0.351 e. The van der Waals surface area contributed by atoms with E-state index in [2.05, 4.69) is 15.3 Å². The number of carbonyl (C=O) groups excluding carboxylic acids is 2. The maximum atomic E-state index is 13.4. The number of rotatable bonds is 2. The highest BCUT2D eigenvalue weighted by molar-refractivity contribution is 5.93. The molecule has 0 bridgehead atoms. The zero-order chi connectivity index (χ0) is 19.0. The molecule has 4 rings (SSSR count). The van der Waals surface area contributed by atoms with E-state index in [9.17, 15) is 18.8 Å². The Morgan fingerprint density at radius 1 is 1.15 bits per heavy atom. The smallest absolute Gasteiger partial charge is 0.323 e. The van der Waals surface area contributed by atoms with Gasteiger partial charge >= 0.3 is 5.69 Å². The number of nitrogens with zero attached hydrogens (tertiary/aromatic N) is 1. The van der Waals surface area contributed by atoms with Gasteiger partial charge in [0, 0.05) is 12.6 Å². The van der Waals surface area contributed by atoms with Crippen molar-refractivity contribution < 1.29 is 14.0 Å². The van der Waals surface area contributed by atoms with E-state index >= 15 is 0 Å². The average molecular weight is 372 g/mol. The van der Waals surface area contributed by atoms with E-state index in [0.717, 1.165) is 24.8 Å². The number of halogens is 1. The topological polar surface area (TPSA) is 98.1 Å². The zero-order valence-electron chi connectivity index (χ0n) is 14.7. The minimum absolute atomic E-state index is 0.00749. The van der Waals surface area contributed by atoms with Crippen LogP contribution in [-0.2, 0) is 4.79 Å². The summed E-state index contributed by atoms with van der Waals surface area (Å²) in [6, 6.07) is 5.44. The van der Waals surface area contributed by atoms with Crippen LogP contribution in [0.4, 0.5) is 4.39 Å². The van der Waals surface area contributed by atoms with E-state index in [4.69, 9.17) is 0 Å². The fourth-order valence-corrected chi connectivity index (χ4v) is 4.21. The summed E-state index contributed by atoms with van der Waals surface area (Å²) in [5.41, 5.74) is 0.545. The number of fused-ring (bicyclic) bond motifs is 1. The SMILES string of the molecule is O=C1CCCC[C@H]2[C@@H](C[C@@H](c3ccc(F)cc3)N2C(=O)c2c[nH]c(=O)[nH]2)N1. The Balaban J connectivity index is 1.73. The standard InChI is InChI=1S/C19H21FN4O3/c20-12-7-5-11(6-8-12)16-9-13-15(3-1-2-4-17(25)22-13)24(16)18(26)14-10-21-19(27)23-14/h5-8,10,13,15-16H,1-4,9H2,(H,22,25)(H2,21,23,27)/t13-,15+,16+/m1/s1. The minimum atomic E-state index is -0.446. The van der Waals surface area contributed by atoms with Gasteiger partial charge in [0.25, 0.3) is 5.91 Å². The van der Waals surface area contributed by atoms with Crippen LogP contribution in [0, 0.1) is 5.82 Å². The lowest BCUT2D eigenvalue weighted by Gasteiger charge is -2.32. The third-order valence-corrected chi connectivity index (χ3v) is 5.45. The number of imidazole rings is 1. The van der Waals surface area contributed by atoms with Crippen molar-refractivity contribution in [3.8, 4) is 0 Å². The number of amides is 2. The lowest BCUT2D eigenvalue weighted by molar-refractivity contribution is -0.122. The average Bonchev–Trinajstić information content (AvgIpc) is 3.21. The first-order chi connectivity index (χ1) is 13.0. The molecule has 2 aromatic rings. The number of H-pyrrole nitrogens is 2. The van der Waals surface area contributed by atoms with Crippen molar-refractivity contribution in [1.29, 1.82) is 0 Å². The number of carbonyl (C=O) groups is 2. The largest absolute Gasteiger partial charge is 0.351 e. The summed E-state index contributed by atoms with van der Waals surface area (Å²) in [5.74, 6) is -0.652. The summed E-state index contributed by atoms with van der Waals surface area (Å²) in [6.45, 7) is 0. The highest BCUT2D eigenvalue weighted by Crippen LogP contribution is 2.40. The van der Waals surface area contributed by atoms with Crippen LogP contribution in [0.3, 0.4) is 0 Å². The van der Waals surface area contributed by atoms with Crippen molar-refractivity contribution in [2.45, 2.75) is 50.2 Å². The molecule has 3 atom stereocenters. The maximum Gasteiger partial charge on any atom is 0.323 e. The molecule has 1 aromatic heterocycles. The monoisotopic (exact) mass is 372 g/mol. The van der Waals surface area contributed by atoms with Crippen LogP contribution in [-0.4, -0.2) is 38.8 Å². The summed E-state index contributed by atoms with van der Waals surface area (Å²) in [5, 5.41) is 3.05. The number of likely N-dealkylation sites (tertiary alicyclic amines) is 1. The molecular weight excluding hydrogens is 351 g/mol. The van der Waals surface area contributed by atoms with Gasteiger partial charge in [-0.1, -0.05) is 18.6 Å². The summed E-state index contributed by atoms with van der Waals surface area (Å²) in [6.07, 6.45) is 4.80. The van der Waals surface area contributed by atoms with Crippen molar-refractivity contribution in [3.63, 3.8) is 0 Å². The molecule has 2 saturated heterocycles. The predicted octanol–water partition coefficient (Wildman–Crippen LogP) is 1.86. The van der Waals surface area contributed by atoms with Gasteiger partial charge in [0.15, 0.2) is 0 Å². The fourth-order valence-electron chi connectivity index (χ4n) is 4.21. The van der Waals surface area contributed by atoms with Crippen LogP contribution in [0.5, 0.6) is 0 Å². The molecular formula is C19H21FN4O3. The summed E-state index contributed by atoms with van der Waals surface area (Å²) in [7, 11) is 0. The number of aromatic amines is 2. The fraction of sp³-hybridized carbons (Fsp3) is 0.421. The van der Waals surface area contributed by atoms with Crippen molar-refractivity contribution >= 4 is 11.8 Å². The molecule has 2 amide bonds. The Kier molecular flexibility index (Phi) is 4.55. The molecule has 1 aromatic carbocycles. The number of hydrogen-bond acceptors (Lipinski definition) is 3. The maximum absolute atomic E-state index is 13.4. The van der Waals surface area contributed by atoms with E-state index in [1.807, 2.05) is 0 Å². The van der Waals surface area contributed by atoms with E-state index in [0.29, 0.717) is 12.8 Å². The Labute approximate surface area is 155 Å². The Hall–Kier alpha value is -2.90. The molecule has 3 N–H and O–H groups in total. The molecule has 0 saturated carbocycles. The van der Waals surface area contributed by atoms with Gasteiger partial charge in [-0.15, -0.1) is 0 Å². The van der Waals surface area contributed by atoms with Crippen molar-refractivity contribution in [3.05, 3.63) is 58.0 Å². The van der Waals surface area contributed by atoms with E-state index in [-0.39, 0.29) is 41.5 Å². The predicted molar refractivity (Wildman–Crippen MR) is 95.5 cm³/mol. The quantitative estimate of drug-likeness (QED) is 0.750. The number of hydrogen-bond donors (Lipinski definition) is 3. The normalized spacial score (nSPS) is 25.4. The third kappa shape index (κ3) is 3.39. The second-order valence-corrected chi connectivity index (χ2v) is 7.16. The molecule has 0 aliphatic carbocycles. The zero-order valence-corrected chi connectivity index (χ0v) is 14.7. The van der Waals surface area contributed by atoms with Gasteiger partial charge in [-0.3, -0.25) is 9.59 Å². The summed E-state index contributed by atoms with van der Waals surface area (Å²) >= 11 is 0. The number of benzene rings is 1. The molecule has 2 aliphatic heterocycles. The second-order valence-electron chi connectivity index (χ2n) is 7.16. The lowest BCUT2D eigenvalue weighted by atomic mass is 9.97. The molecule has 3 heterocycles. The van der Waals surface area contributed by atoms with Crippen molar-refractivity contribution in [2.75, 3.05) is 0 Å². The van der Waals surface area contributed by atoms with Crippen LogP contribution in [0.1, 0.15) is 54.2 Å². The first-order valence-corrected chi connectivity index (χ1v) is 9.18.